The zero-order valence-corrected chi connectivity index (χ0v) is 23.6. The first kappa shape index (κ1) is 26.8. The predicted molar refractivity (Wildman–Crippen MR) is 138 cm³/mol. The van der Waals surface area contributed by atoms with E-state index in [-0.39, 0.29) is 48.6 Å². The van der Waals surface area contributed by atoms with Crippen LogP contribution in [0.15, 0.2) is 12.4 Å². The van der Waals surface area contributed by atoms with Crippen LogP contribution in [-0.2, 0) is 21.2 Å². The van der Waals surface area contributed by atoms with Gasteiger partial charge in [-0.25, -0.2) is 28.7 Å². The summed E-state index contributed by atoms with van der Waals surface area (Å²) in [5.74, 6) is -1.76. The highest BCUT2D eigenvalue weighted by Crippen LogP contribution is 2.47. The van der Waals surface area contributed by atoms with Crippen molar-refractivity contribution in [2.24, 2.45) is 0 Å². The van der Waals surface area contributed by atoms with Crippen LogP contribution < -0.4 is 9.80 Å². The van der Waals surface area contributed by atoms with Gasteiger partial charge in [-0.2, -0.15) is 0 Å². The van der Waals surface area contributed by atoms with E-state index in [1.165, 1.54) is 17.3 Å². The molecule has 0 spiro atoms. The van der Waals surface area contributed by atoms with Crippen molar-refractivity contribution in [2.75, 3.05) is 22.9 Å². The summed E-state index contributed by atoms with van der Waals surface area (Å²) < 4.78 is 33.3. The van der Waals surface area contributed by atoms with Crippen LogP contribution in [0.1, 0.15) is 58.8 Å². The molecule has 0 atom stereocenters. The van der Waals surface area contributed by atoms with Crippen LogP contribution in [0.5, 0.6) is 0 Å². The third kappa shape index (κ3) is 4.84. The van der Waals surface area contributed by atoms with Gasteiger partial charge < -0.3 is 9.33 Å². The first-order valence-electron chi connectivity index (χ1n) is 12.0. The molecule has 0 radical (unpaired) electrons. The summed E-state index contributed by atoms with van der Waals surface area (Å²) in [5, 5.41) is 0.224. The minimum absolute atomic E-state index is 0.0147. The summed E-state index contributed by atoms with van der Waals surface area (Å²) in [4.78, 5) is 34.5. The lowest BCUT2D eigenvalue weighted by molar-refractivity contribution is -0.121. The number of aromatic nitrogens is 4. The molecule has 196 valence electrons. The van der Waals surface area contributed by atoms with E-state index in [4.69, 9.17) is 16.0 Å². The number of alkyl halides is 2. The fourth-order valence-electron chi connectivity index (χ4n) is 4.04. The number of amides is 1. The number of hydrogen-bond acceptors (Lipinski definition) is 7. The third-order valence-electron chi connectivity index (χ3n) is 7.50. The molecule has 1 saturated heterocycles. The van der Waals surface area contributed by atoms with E-state index in [1.54, 1.807) is 18.7 Å². The van der Waals surface area contributed by atoms with Gasteiger partial charge in [-0.3, -0.25) is 9.69 Å². The number of carbonyl (C=O) groups is 1. The molecule has 0 bridgehead atoms. The van der Waals surface area contributed by atoms with Crippen molar-refractivity contribution >= 4 is 43.3 Å². The second-order valence-corrected chi connectivity index (χ2v) is 16.7. The number of fused-ring (bicyclic) bond motifs is 1. The van der Waals surface area contributed by atoms with Gasteiger partial charge in [0.15, 0.2) is 14.1 Å². The summed E-state index contributed by atoms with van der Waals surface area (Å²) in [5.41, 5.74) is -0.000876. The second kappa shape index (κ2) is 8.95. The molecule has 1 fully saturated rings. The minimum Gasteiger partial charge on any atom is -0.409 e. The zero-order valence-electron chi connectivity index (χ0n) is 21.8. The summed E-state index contributed by atoms with van der Waals surface area (Å²) in [6, 6.07) is 0. The van der Waals surface area contributed by atoms with Crippen molar-refractivity contribution in [1.29, 1.82) is 0 Å². The molecule has 8 nitrogen and oxygen atoms in total. The molecule has 0 aliphatic carbocycles. The van der Waals surface area contributed by atoms with Crippen molar-refractivity contribution in [3.8, 4) is 0 Å². The number of hydrogen-bond donors (Lipinski definition) is 0. The van der Waals surface area contributed by atoms with Gasteiger partial charge in [0.25, 0.3) is 5.92 Å². The third-order valence-corrected chi connectivity index (χ3v) is 12.2. The Morgan fingerprint density at radius 2 is 1.69 bits per heavy atom. The lowest BCUT2D eigenvalue weighted by Crippen LogP contribution is -2.40. The Labute approximate surface area is 216 Å². The highest BCUT2D eigenvalue weighted by Gasteiger charge is 2.48. The van der Waals surface area contributed by atoms with E-state index < -0.39 is 19.7 Å². The molecular formula is C24H33ClF2N6O2Si. The van der Waals surface area contributed by atoms with Crippen LogP contribution in [0.2, 0.25) is 23.3 Å². The van der Waals surface area contributed by atoms with Crippen LogP contribution in [0.25, 0.3) is 0 Å². The fourth-order valence-corrected chi connectivity index (χ4v) is 5.38. The van der Waals surface area contributed by atoms with E-state index in [2.05, 4.69) is 53.8 Å². The molecule has 36 heavy (non-hydrogen) atoms. The maximum Gasteiger partial charge on any atom is 0.251 e. The number of halogens is 3. The standard InChI is InChI=1S/C24H33ClF2N6O2Si/c1-22(2,3)36(6,7)35-14-16-30-18(25)17-19(31-16)33(20(34)23(17,4)5)15-12-28-21(29-13-15)32-10-8-24(26,27)9-11-32/h12-13H,8-11,14H2,1-7H3. The molecule has 0 N–H and O–H groups in total. The number of nitrogens with zero attached hydrogens (tertiary/aromatic N) is 6. The zero-order chi connectivity index (χ0) is 26.7. The van der Waals surface area contributed by atoms with E-state index in [9.17, 15) is 13.6 Å². The normalized spacial score (nSPS) is 19.6. The van der Waals surface area contributed by atoms with Gasteiger partial charge in [0.2, 0.25) is 11.9 Å². The maximum atomic E-state index is 13.5. The molecule has 0 aromatic carbocycles. The van der Waals surface area contributed by atoms with Gasteiger partial charge in [-0.15, -0.1) is 0 Å². The van der Waals surface area contributed by atoms with E-state index in [1.807, 2.05) is 0 Å². The monoisotopic (exact) mass is 538 g/mol. The fraction of sp³-hybridized carbons (Fsp3) is 0.625. The number of rotatable bonds is 5. The molecule has 12 heteroatoms. The van der Waals surface area contributed by atoms with Crippen LogP contribution in [0.4, 0.5) is 26.2 Å². The van der Waals surface area contributed by atoms with Crippen molar-refractivity contribution in [2.45, 2.75) is 83.5 Å². The molecule has 2 aliphatic heterocycles. The topological polar surface area (TPSA) is 84.3 Å². The van der Waals surface area contributed by atoms with Crippen molar-refractivity contribution in [3.05, 3.63) is 28.9 Å². The lowest BCUT2D eigenvalue weighted by Gasteiger charge is -2.35. The smallest absolute Gasteiger partial charge is 0.251 e. The number of piperidine rings is 1. The summed E-state index contributed by atoms with van der Waals surface area (Å²) in [7, 11) is -2.06. The number of anilines is 3. The van der Waals surface area contributed by atoms with E-state index >= 15 is 0 Å². The van der Waals surface area contributed by atoms with Crippen molar-refractivity contribution < 1.29 is 18.0 Å². The molecule has 0 saturated carbocycles. The largest absolute Gasteiger partial charge is 0.409 e. The van der Waals surface area contributed by atoms with Gasteiger partial charge in [0.05, 0.1) is 30.1 Å². The van der Waals surface area contributed by atoms with Gasteiger partial charge in [0, 0.05) is 31.5 Å². The molecule has 2 aromatic heterocycles. The van der Waals surface area contributed by atoms with Crippen LogP contribution >= 0.6 is 11.6 Å². The van der Waals surface area contributed by atoms with Gasteiger partial charge in [-0.05, 0) is 32.0 Å². The second-order valence-electron chi connectivity index (χ2n) is 11.5. The molecule has 4 heterocycles. The minimum atomic E-state index is -2.65. The predicted octanol–water partition coefficient (Wildman–Crippen LogP) is 5.63. The van der Waals surface area contributed by atoms with Crippen LogP contribution in [0.3, 0.4) is 0 Å². The summed E-state index contributed by atoms with van der Waals surface area (Å²) >= 11 is 6.59. The molecule has 4 rings (SSSR count). The average molecular weight is 539 g/mol. The van der Waals surface area contributed by atoms with Crippen LogP contribution in [0, 0.1) is 0 Å². The number of carbonyl (C=O) groups excluding carboxylic acids is 1. The highest BCUT2D eigenvalue weighted by molar-refractivity contribution is 6.74. The average Bonchev–Trinajstić information content (AvgIpc) is 2.97. The lowest BCUT2D eigenvalue weighted by atomic mass is 9.88. The first-order valence-corrected chi connectivity index (χ1v) is 15.3. The SMILES string of the molecule is CC1(C)C(=O)N(c2cnc(N3CCC(F)(F)CC3)nc2)c2nc(CO[Si](C)(C)C(C)(C)C)nc(Cl)c21. The molecule has 0 unspecified atom stereocenters. The molecular weight excluding hydrogens is 506 g/mol. The summed E-state index contributed by atoms with van der Waals surface area (Å²) in [6.45, 7) is 14.8. The quantitative estimate of drug-likeness (QED) is 0.360. The van der Waals surface area contributed by atoms with Gasteiger partial charge in [-0.1, -0.05) is 32.4 Å². The maximum absolute atomic E-state index is 13.5. The highest BCUT2D eigenvalue weighted by atomic mass is 35.5. The van der Waals surface area contributed by atoms with E-state index in [0.717, 1.165) is 0 Å². The van der Waals surface area contributed by atoms with E-state index in [0.29, 0.717) is 28.8 Å². The van der Waals surface area contributed by atoms with Gasteiger partial charge >= 0.3 is 0 Å². The summed E-state index contributed by atoms with van der Waals surface area (Å²) in [6.07, 6.45) is 2.55. The molecule has 2 aromatic rings. The molecule has 2 aliphatic rings. The molecule has 1 amide bonds. The van der Waals surface area contributed by atoms with Crippen LogP contribution in [-0.4, -0.2) is 53.2 Å². The van der Waals surface area contributed by atoms with Crippen molar-refractivity contribution in [3.63, 3.8) is 0 Å². The Balaban J connectivity index is 1.63. The van der Waals surface area contributed by atoms with Crippen molar-refractivity contribution in [1.82, 2.24) is 19.9 Å². The Bertz CT molecular complexity index is 1160. The van der Waals surface area contributed by atoms with Gasteiger partial charge in [0.1, 0.15) is 11.0 Å². The Hall–Kier alpha value is -2.24. The Morgan fingerprint density at radius 3 is 2.25 bits per heavy atom. The Morgan fingerprint density at radius 1 is 1.11 bits per heavy atom. The Kier molecular flexibility index (Phi) is 6.66. The first-order chi connectivity index (χ1) is 16.5.